The molecule has 1 aliphatic carbocycles. The van der Waals surface area contributed by atoms with E-state index in [0.29, 0.717) is 18.4 Å². The number of halogens is 1. The first-order chi connectivity index (χ1) is 9.74. The highest BCUT2D eigenvalue weighted by atomic mass is 35.5. The standard InChI is InChI=1S/C14H18N4O2.ClH/c19-14(20)16-7-10-1-3-11(4-2-10)13-12-8-15-5-6-18(12)9-17-13;/h5-6,8-11,16H,1-4,7H2,(H,19,20);1H. The molecular weight excluding hydrogens is 292 g/mol. The van der Waals surface area contributed by atoms with E-state index in [1.807, 2.05) is 18.8 Å². The molecule has 1 unspecified atom stereocenters. The van der Waals surface area contributed by atoms with Gasteiger partial charge in [-0.25, -0.2) is 14.7 Å². The molecule has 1 amide bonds. The fraction of sp³-hybridized carbons (Fsp3) is 0.500. The average molecular weight is 311 g/mol. The predicted molar refractivity (Wildman–Crippen MR) is 75.6 cm³/mol. The Kier molecular flexibility index (Phi) is 5.14. The van der Waals surface area contributed by atoms with Gasteiger partial charge in [0.15, 0.2) is 12.0 Å². The SMILES string of the molecule is O=C(O)NCC1CCC(C2=C3C=NC=C[NH+]3C=N2)CC1.[Cl-]. The topological polar surface area (TPSA) is 78.5 Å². The number of allylic oxidation sites excluding steroid dienone is 2. The second-order valence-electron chi connectivity index (χ2n) is 5.51. The summed E-state index contributed by atoms with van der Waals surface area (Å²) in [7, 11) is 0. The molecule has 114 valence electrons. The summed E-state index contributed by atoms with van der Waals surface area (Å²) in [6, 6.07) is 0. The number of rotatable bonds is 3. The third kappa shape index (κ3) is 3.51. The van der Waals surface area contributed by atoms with E-state index in [1.165, 1.54) is 5.70 Å². The van der Waals surface area contributed by atoms with Gasteiger partial charge in [-0.3, -0.25) is 4.99 Å². The van der Waals surface area contributed by atoms with E-state index in [9.17, 15) is 4.79 Å². The molecule has 1 atom stereocenters. The van der Waals surface area contributed by atoms with Crippen LogP contribution in [-0.2, 0) is 0 Å². The molecule has 7 heteroatoms. The summed E-state index contributed by atoms with van der Waals surface area (Å²) in [5, 5.41) is 11.1. The van der Waals surface area contributed by atoms with E-state index in [-0.39, 0.29) is 12.4 Å². The molecule has 21 heavy (non-hydrogen) atoms. The highest BCUT2D eigenvalue weighted by Gasteiger charge is 2.32. The van der Waals surface area contributed by atoms with E-state index >= 15 is 0 Å². The van der Waals surface area contributed by atoms with Gasteiger partial charge < -0.3 is 22.8 Å². The summed E-state index contributed by atoms with van der Waals surface area (Å²) in [4.78, 5) is 20.4. The second kappa shape index (κ2) is 6.87. The Hall–Kier alpha value is -1.66. The van der Waals surface area contributed by atoms with Crippen LogP contribution in [0.15, 0.2) is 33.8 Å². The Morgan fingerprint density at radius 3 is 2.86 bits per heavy atom. The molecule has 0 radical (unpaired) electrons. The lowest BCUT2D eigenvalue weighted by atomic mass is 9.80. The number of nitrogens with one attached hydrogen (secondary N) is 2. The van der Waals surface area contributed by atoms with Crippen molar-refractivity contribution in [3.8, 4) is 0 Å². The van der Waals surface area contributed by atoms with E-state index in [2.05, 4.69) is 15.3 Å². The molecule has 0 aromatic rings. The van der Waals surface area contributed by atoms with Crippen molar-refractivity contribution in [2.24, 2.45) is 21.8 Å². The molecule has 0 bridgehead atoms. The minimum atomic E-state index is -0.929. The summed E-state index contributed by atoms with van der Waals surface area (Å²) < 4.78 is 0. The molecule has 0 aromatic carbocycles. The quantitative estimate of drug-likeness (QED) is 0.551. The molecule has 6 nitrogen and oxygen atoms in total. The lowest BCUT2D eigenvalue weighted by Gasteiger charge is -2.27. The fourth-order valence-electron chi connectivity index (χ4n) is 3.14. The van der Waals surface area contributed by atoms with Gasteiger partial charge in [-0.05, 0) is 31.6 Å². The first kappa shape index (κ1) is 15.7. The summed E-state index contributed by atoms with van der Waals surface area (Å²) >= 11 is 0. The number of hydrogen-bond donors (Lipinski definition) is 3. The number of nitrogens with zero attached hydrogens (tertiary/aromatic N) is 2. The van der Waals surface area contributed by atoms with Crippen molar-refractivity contribution in [1.82, 2.24) is 5.32 Å². The Morgan fingerprint density at radius 2 is 2.14 bits per heavy atom. The maximum absolute atomic E-state index is 10.5. The summed E-state index contributed by atoms with van der Waals surface area (Å²) in [5.41, 5.74) is 2.33. The zero-order valence-electron chi connectivity index (χ0n) is 11.6. The molecular formula is C14H19ClN4O2. The van der Waals surface area contributed by atoms with Crippen LogP contribution in [0.1, 0.15) is 25.7 Å². The van der Waals surface area contributed by atoms with Crippen molar-refractivity contribution in [2.75, 3.05) is 6.54 Å². The van der Waals surface area contributed by atoms with Gasteiger partial charge in [-0.15, -0.1) is 0 Å². The number of aliphatic imine (C=N–C) groups is 2. The van der Waals surface area contributed by atoms with E-state index in [0.717, 1.165) is 36.3 Å². The molecule has 3 aliphatic rings. The Labute approximate surface area is 129 Å². The number of quaternary nitrogens is 1. The number of carbonyl (C=O) groups is 1. The molecule has 1 saturated carbocycles. The third-order valence-electron chi connectivity index (χ3n) is 4.25. The molecule has 1 fully saturated rings. The molecule has 3 N–H and O–H groups in total. The first-order valence-electron chi connectivity index (χ1n) is 7.06. The zero-order chi connectivity index (χ0) is 13.9. The number of amides is 1. The van der Waals surface area contributed by atoms with Crippen LogP contribution in [0.25, 0.3) is 0 Å². The molecule has 0 saturated heterocycles. The van der Waals surface area contributed by atoms with Gasteiger partial charge in [-0.2, -0.15) is 0 Å². The van der Waals surface area contributed by atoms with E-state index in [4.69, 9.17) is 5.11 Å². The van der Waals surface area contributed by atoms with Gasteiger partial charge >= 0.3 is 6.09 Å². The van der Waals surface area contributed by atoms with Crippen LogP contribution in [0.2, 0.25) is 0 Å². The summed E-state index contributed by atoms with van der Waals surface area (Å²) in [6.45, 7) is 0.568. The highest BCUT2D eigenvalue weighted by Crippen LogP contribution is 2.34. The van der Waals surface area contributed by atoms with E-state index < -0.39 is 6.09 Å². The Bertz CT molecular complexity index is 519. The van der Waals surface area contributed by atoms with Crippen molar-refractivity contribution in [2.45, 2.75) is 25.7 Å². The average Bonchev–Trinajstić information content (AvgIpc) is 2.89. The Morgan fingerprint density at radius 1 is 1.38 bits per heavy atom. The molecule has 0 spiro atoms. The minimum absolute atomic E-state index is 0. The van der Waals surface area contributed by atoms with Gasteiger partial charge in [0.25, 0.3) is 0 Å². The number of hydrogen-bond acceptors (Lipinski definition) is 3. The van der Waals surface area contributed by atoms with Crippen LogP contribution in [0.4, 0.5) is 4.79 Å². The van der Waals surface area contributed by atoms with Crippen LogP contribution in [-0.4, -0.2) is 30.3 Å². The Balaban J connectivity index is 0.00000161. The normalized spacial score (nSPS) is 30.0. The summed E-state index contributed by atoms with van der Waals surface area (Å²) in [5.74, 6) is 0.944. The minimum Gasteiger partial charge on any atom is -1.00 e. The van der Waals surface area contributed by atoms with Gasteiger partial charge in [0.05, 0.1) is 12.4 Å². The highest BCUT2D eigenvalue weighted by molar-refractivity contribution is 5.81. The maximum Gasteiger partial charge on any atom is 0.404 e. The van der Waals surface area contributed by atoms with Crippen molar-refractivity contribution in [1.29, 1.82) is 0 Å². The zero-order valence-corrected chi connectivity index (χ0v) is 12.4. The maximum atomic E-state index is 10.5. The van der Waals surface area contributed by atoms with Gasteiger partial charge in [0.1, 0.15) is 11.9 Å². The predicted octanol–water partition coefficient (Wildman–Crippen LogP) is -2.24. The monoisotopic (exact) mass is 310 g/mol. The molecule has 3 rings (SSSR count). The molecule has 2 aliphatic heterocycles. The first-order valence-corrected chi connectivity index (χ1v) is 7.06. The van der Waals surface area contributed by atoms with Crippen LogP contribution in [0.3, 0.4) is 0 Å². The largest absolute Gasteiger partial charge is 1.00 e. The lowest BCUT2D eigenvalue weighted by Crippen LogP contribution is -3.04. The van der Waals surface area contributed by atoms with Gasteiger partial charge in [0, 0.05) is 12.5 Å². The number of carboxylic acid groups (broad SMARTS) is 1. The van der Waals surface area contributed by atoms with Crippen molar-refractivity contribution < 1.29 is 27.2 Å². The van der Waals surface area contributed by atoms with Crippen molar-refractivity contribution >= 4 is 18.6 Å². The van der Waals surface area contributed by atoms with Crippen LogP contribution >= 0.6 is 0 Å². The summed E-state index contributed by atoms with van der Waals surface area (Å²) in [6.07, 6.45) is 10.9. The fourth-order valence-corrected chi connectivity index (χ4v) is 3.14. The molecule has 0 aromatic heterocycles. The third-order valence-corrected chi connectivity index (χ3v) is 4.25. The second-order valence-corrected chi connectivity index (χ2v) is 5.51. The molecule has 2 heterocycles. The van der Waals surface area contributed by atoms with Gasteiger partial charge in [0.2, 0.25) is 0 Å². The lowest BCUT2D eigenvalue weighted by molar-refractivity contribution is -0.682. The number of fused-ring (bicyclic) bond motifs is 1. The van der Waals surface area contributed by atoms with Crippen LogP contribution < -0.4 is 22.6 Å². The van der Waals surface area contributed by atoms with Crippen molar-refractivity contribution in [3.63, 3.8) is 0 Å². The smallest absolute Gasteiger partial charge is 0.404 e. The van der Waals surface area contributed by atoms with Crippen LogP contribution in [0.5, 0.6) is 0 Å². The van der Waals surface area contributed by atoms with Gasteiger partial charge in [-0.1, -0.05) is 0 Å². The van der Waals surface area contributed by atoms with Crippen LogP contribution in [0, 0.1) is 11.8 Å². The van der Waals surface area contributed by atoms with Crippen molar-refractivity contribution in [3.05, 3.63) is 23.8 Å². The van der Waals surface area contributed by atoms with E-state index in [1.54, 1.807) is 6.20 Å².